The van der Waals surface area contributed by atoms with Gasteiger partial charge in [0.15, 0.2) is 12.7 Å². The third-order valence-corrected chi connectivity index (χ3v) is 3.87. The number of nitrogens with one attached hydrogen (secondary N) is 1. The second kappa shape index (κ2) is 8.79. The third kappa shape index (κ3) is 5.53. The maximum Gasteiger partial charge on any atom is 0.344 e. The highest BCUT2D eigenvalue weighted by Crippen LogP contribution is 2.23. The molecule has 2 rings (SSSR count). The fraction of sp³-hybridized carbons (Fsp3) is 0.263. The van der Waals surface area contributed by atoms with E-state index in [9.17, 15) is 19.7 Å². The predicted octanol–water partition coefficient (Wildman–Crippen LogP) is 3.16. The van der Waals surface area contributed by atoms with Crippen LogP contribution in [0.1, 0.15) is 18.1 Å². The van der Waals surface area contributed by atoms with Crippen molar-refractivity contribution in [3.05, 3.63) is 63.7 Å². The van der Waals surface area contributed by atoms with E-state index in [1.54, 1.807) is 18.2 Å². The summed E-state index contributed by atoms with van der Waals surface area (Å²) in [5.41, 5.74) is 1.91. The van der Waals surface area contributed by atoms with Crippen LogP contribution in [0.4, 0.5) is 11.4 Å². The van der Waals surface area contributed by atoms with Crippen LogP contribution in [0.25, 0.3) is 0 Å². The molecule has 0 saturated carbocycles. The number of carbonyl (C=O) groups excluding carboxylic acids is 2. The number of nitro groups is 1. The number of nitrogens with zero attached hydrogens (tertiary/aromatic N) is 1. The first-order valence-corrected chi connectivity index (χ1v) is 8.21. The van der Waals surface area contributed by atoms with Crippen molar-refractivity contribution in [1.82, 2.24) is 0 Å². The van der Waals surface area contributed by atoms with Gasteiger partial charge in [-0.1, -0.05) is 18.2 Å². The first-order valence-electron chi connectivity index (χ1n) is 8.21. The number of carbonyl (C=O) groups is 2. The van der Waals surface area contributed by atoms with Crippen molar-refractivity contribution in [3.8, 4) is 5.75 Å². The van der Waals surface area contributed by atoms with Crippen LogP contribution in [0.3, 0.4) is 0 Å². The second-order valence-corrected chi connectivity index (χ2v) is 5.93. The number of ether oxygens (including phenoxy) is 2. The first kappa shape index (κ1) is 19.9. The molecule has 8 heteroatoms. The van der Waals surface area contributed by atoms with Gasteiger partial charge in [0.1, 0.15) is 11.4 Å². The largest absolute Gasteiger partial charge is 0.482 e. The van der Waals surface area contributed by atoms with Gasteiger partial charge in [-0.15, -0.1) is 0 Å². The van der Waals surface area contributed by atoms with Crippen molar-refractivity contribution >= 4 is 23.3 Å². The lowest BCUT2D eigenvalue weighted by atomic mass is 10.1. The molecule has 0 aliphatic carbocycles. The summed E-state index contributed by atoms with van der Waals surface area (Å²) in [5, 5.41) is 13.4. The van der Waals surface area contributed by atoms with E-state index < -0.39 is 22.9 Å². The Morgan fingerprint density at radius 2 is 1.85 bits per heavy atom. The van der Waals surface area contributed by atoms with Gasteiger partial charge in [-0.3, -0.25) is 14.9 Å². The Labute approximate surface area is 156 Å². The van der Waals surface area contributed by atoms with Crippen molar-refractivity contribution in [3.63, 3.8) is 0 Å². The third-order valence-electron chi connectivity index (χ3n) is 3.87. The summed E-state index contributed by atoms with van der Waals surface area (Å²) in [5.74, 6) is -0.880. The minimum Gasteiger partial charge on any atom is -0.482 e. The van der Waals surface area contributed by atoms with Crippen LogP contribution in [0.5, 0.6) is 5.75 Å². The van der Waals surface area contributed by atoms with E-state index in [2.05, 4.69) is 5.32 Å². The smallest absolute Gasteiger partial charge is 0.344 e. The minimum atomic E-state index is -1.14. The van der Waals surface area contributed by atoms with E-state index >= 15 is 0 Å². The number of hydrogen-bond donors (Lipinski definition) is 1. The monoisotopic (exact) mass is 372 g/mol. The first-order chi connectivity index (χ1) is 12.8. The molecule has 0 bridgehead atoms. The maximum atomic E-state index is 12.1. The van der Waals surface area contributed by atoms with Gasteiger partial charge >= 0.3 is 5.97 Å². The van der Waals surface area contributed by atoms with Crippen LogP contribution in [0, 0.1) is 24.0 Å². The highest BCUT2D eigenvalue weighted by Gasteiger charge is 2.21. The van der Waals surface area contributed by atoms with Crippen molar-refractivity contribution in [2.24, 2.45) is 0 Å². The summed E-state index contributed by atoms with van der Waals surface area (Å²) in [7, 11) is 0. The SMILES string of the molecule is Cc1ccc(OCC(=O)O[C@@H](C)C(=O)Nc2ccccc2[N+](=O)[O-])cc1C. The summed E-state index contributed by atoms with van der Waals surface area (Å²) in [4.78, 5) is 34.4. The molecular weight excluding hydrogens is 352 g/mol. The Morgan fingerprint density at radius 3 is 2.52 bits per heavy atom. The van der Waals surface area contributed by atoms with Crippen molar-refractivity contribution in [1.29, 1.82) is 0 Å². The molecule has 2 aromatic rings. The van der Waals surface area contributed by atoms with Gasteiger partial charge in [0.25, 0.3) is 11.6 Å². The molecule has 1 atom stereocenters. The average Bonchev–Trinajstić information content (AvgIpc) is 2.63. The zero-order valence-electron chi connectivity index (χ0n) is 15.2. The van der Waals surface area contributed by atoms with E-state index in [1.807, 2.05) is 19.9 Å². The molecule has 0 spiro atoms. The fourth-order valence-corrected chi connectivity index (χ4v) is 2.20. The Bertz CT molecular complexity index is 865. The molecule has 0 aromatic heterocycles. The summed E-state index contributed by atoms with van der Waals surface area (Å²) >= 11 is 0. The quantitative estimate of drug-likeness (QED) is 0.454. The number of para-hydroxylation sites is 2. The summed E-state index contributed by atoms with van der Waals surface area (Å²) < 4.78 is 10.4. The van der Waals surface area contributed by atoms with E-state index in [-0.39, 0.29) is 18.0 Å². The highest BCUT2D eigenvalue weighted by molar-refractivity contribution is 5.96. The Morgan fingerprint density at radius 1 is 1.15 bits per heavy atom. The fourth-order valence-electron chi connectivity index (χ4n) is 2.20. The lowest BCUT2D eigenvalue weighted by Gasteiger charge is -2.14. The standard InChI is InChI=1S/C19H20N2O6/c1-12-8-9-15(10-13(12)2)26-11-18(22)27-14(3)19(23)20-16-6-4-5-7-17(16)21(24)25/h4-10,14H,11H2,1-3H3,(H,20,23)/t14-/m0/s1. The molecule has 1 amide bonds. The van der Waals surface area contributed by atoms with Crippen molar-refractivity contribution in [2.45, 2.75) is 26.9 Å². The van der Waals surface area contributed by atoms with Gasteiger partial charge in [-0.05, 0) is 50.1 Å². The number of hydrogen-bond acceptors (Lipinski definition) is 6. The van der Waals surface area contributed by atoms with Gasteiger partial charge in [0.05, 0.1) is 4.92 Å². The molecule has 27 heavy (non-hydrogen) atoms. The van der Waals surface area contributed by atoms with Gasteiger partial charge in [0.2, 0.25) is 0 Å². The maximum absolute atomic E-state index is 12.1. The predicted molar refractivity (Wildman–Crippen MR) is 98.7 cm³/mol. The molecule has 0 heterocycles. The molecule has 0 fully saturated rings. The van der Waals surface area contributed by atoms with E-state index in [0.717, 1.165) is 11.1 Å². The van der Waals surface area contributed by atoms with E-state index in [1.165, 1.54) is 25.1 Å². The van der Waals surface area contributed by atoms with Crippen LogP contribution < -0.4 is 10.1 Å². The highest BCUT2D eigenvalue weighted by atomic mass is 16.6. The van der Waals surface area contributed by atoms with E-state index in [0.29, 0.717) is 5.75 Å². The number of aryl methyl sites for hydroxylation is 2. The topological polar surface area (TPSA) is 108 Å². The summed E-state index contributed by atoms with van der Waals surface area (Å²) in [6.07, 6.45) is -1.14. The van der Waals surface area contributed by atoms with Crippen molar-refractivity contribution < 1.29 is 24.0 Å². The molecule has 0 aliphatic rings. The molecule has 0 unspecified atom stereocenters. The normalized spacial score (nSPS) is 11.4. The van der Waals surface area contributed by atoms with E-state index in [4.69, 9.17) is 9.47 Å². The number of anilines is 1. The summed E-state index contributed by atoms with van der Waals surface area (Å²) in [6.45, 7) is 4.91. The number of benzene rings is 2. The van der Waals surface area contributed by atoms with Crippen LogP contribution in [-0.4, -0.2) is 29.5 Å². The zero-order valence-corrected chi connectivity index (χ0v) is 15.2. The van der Waals surface area contributed by atoms with Gasteiger partial charge < -0.3 is 14.8 Å². The van der Waals surface area contributed by atoms with Gasteiger partial charge in [-0.25, -0.2) is 4.79 Å². The number of amides is 1. The average molecular weight is 372 g/mol. The van der Waals surface area contributed by atoms with Crippen LogP contribution in [-0.2, 0) is 14.3 Å². The Balaban J connectivity index is 1.89. The molecule has 0 aliphatic heterocycles. The molecule has 0 saturated heterocycles. The Hall–Kier alpha value is -3.42. The Kier molecular flexibility index (Phi) is 6.48. The molecule has 1 N–H and O–H groups in total. The van der Waals surface area contributed by atoms with Crippen molar-refractivity contribution in [2.75, 3.05) is 11.9 Å². The molecule has 0 radical (unpaired) electrons. The zero-order chi connectivity index (χ0) is 20.0. The lowest BCUT2D eigenvalue weighted by molar-refractivity contribution is -0.383. The minimum absolute atomic E-state index is 0.0294. The van der Waals surface area contributed by atoms with Crippen LogP contribution in [0.2, 0.25) is 0 Å². The molecule has 142 valence electrons. The van der Waals surface area contributed by atoms with Crippen LogP contribution in [0.15, 0.2) is 42.5 Å². The molecule has 2 aromatic carbocycles. The number of nitro benzene ring substituents is 1. The van der Waals surface area contributed by atoms with Gasteiger partial charge in [-0.2, -0.15) is 0 Å². The second-order valence-electron chi connectivity index (χ2n) is 5.93. The molecular formula is C19H20N2O6. The van der Waals surface area contributed by atoms with Gasteiger partial charge in [0, 0.05) is 6.07 Å². The lowest BCUT2D eigenvalue weighted by Crippen LogP contribution is -2.31. The number of rotatable bonds is 7. The molecule has 8 nitrogen and oxygen atoms in total. The summed E-state index contributed by atoms with van der Waals surface area (Å²) in [6, 6.07) is 11.1. The number of esters is 1. The van der Waals surface area contributed by atoms with Crippen LogP contribution >= 0.6 is 0 Å².